The fraction of sp³-hybridized carbons (Fsp3) is 0.348. The number of halogens is 1. The second-order valence-electron chi connectivity index (χ2n) is 8.25. The number of carboxylic acid groups (broad SMARTS) is 1. The molecule has 0 amide bonds. The zero-order chi connectivity index (χ0) is 23.0. The van der Waals surface area contributed by atoms with E-state index in [4.69, 9.17) is 16.3 Å². The van der Waals surface area contributed by atoms with E-state index in [1.165, 1.54) is 4.31 Å². The molecule has 1 fully saturated rings. The van der Waals surface area contributed by atoms with Gasteiger partial charge in [0, 0.05) is 41.1 Å². The van der Waals surface area contributed by atoms with Gasteiger partial charge in [-0.15, -0.1) is 0 Å². The van der Waals surface area contributed by atoms with Crippen molar-refractivity contribution in [1.82, 2.24) is 8.87 Å². The van der Waals surface area contributed by atoms with Crippen molar-refractivity contribution in [3.8, 4) is 5.75 Å². The Morgan fingerprint density at radius 2 is 1.94 bits per heavy atom. The van der Waals surface area contributed by atoms with Crippen molar-refractivity contribution in [2.45, 2.75) is 43.7 Å². The van der Waals surface area contributed by atoms with E-state index < -0.39 is 16.0 Å². The fourth-order valence-electron chi connectivity index (χ4n) is 4.21. The molecule has 4 rings (SSSR count). The summed E-state index contributed by atoms with van der Waals surface area (Å²) >= 11 is 6.20. The maximum Gasteiger partial charge on any atom is 0.323 e. The van der Waals surface area contributed by atoms with Gasteiger partial charge in [-0.2, -0.15) is 4.31 Å². The first-order chi connectivity index (χ1) is 15.1. The second-order valence-corrected chi connectivity index (χ2v) is 10.6. The van der Waals surface area contributed by atoms with Gasteiger partial charge < -0.3 is 14.4 Å². The maximum atomic E-state index is 13.2. The molecule has 9 heteroatoms. The maximum absolute atomic E-state index is 13.2. The molecule has 1 aliphatic rings. The van der Waals surface area contributed by atoms with Crippen molar-refractivity contribution in [2.75, 3.05) is 13.1 Å². The molecule has 0 saturated carbocycles. The molecule has 2 aromatic carbocycles. The number of rotatable bonds is 7. The van der Waals surface area contributed by atoms with E-state index in [9.17, 15) is 18.3 Å². The van der Waals surface area contributed by atoms with E-state index in [1.54, 1.807) is 41.0 Å². The zero-order valence-electron chi connectivity index (χ0n) is 17.9. The Morgan fingerprint density at radius 1 is 1.22 bits per heavy atom. The minimum absolute atomic E-state index is 0.00792. The van der Waals surface area contributed by atoms with E-state index in [1.807, 2.05) is 26.1 Å². The van der Waals surface area contributed by atoms with Crippen LogP contribution in [0.1, 0.15) is 31.7 Å². The molecule has 1 saturated heterocycles. The summed E-state index contributed by atoms with van der Waals surface area (Å²) in [6.45, 7) is 4.37. The van der Waals surface area contributed by atoms with E-state index in [-0.39, 0.29) is 23.5 Å². The van der Waals surface area contributed by atoms with Gasteiger partial charge in [0.1, 0.15) is 12.3 Å². The van der Waals surface area contributed by atoms with Crippen LogP contribution in [0, 0.1) is 0 Å². The predicted molar refractivity (Wildman–Crippen MR) is 123 cm³/mol. The van der Waals surface area contributed by atoms with Gasteiger partial charge in [0.15, 0.2) is 0 Å². The number of sulfonamides is 1. The highest BCUT2D eigenvalue weighted by molar-refractivity contribution is 7.89. The lowest BCUT2D eigenvalue weighted by Crippen LogP contribution is -2.28. The van der Waals surface area contributed by atoms with Gasteiger partial charge >= 0.3 is 5.97 Å². The van der Waals surface area contributed by atoms with Gasteiger partial charge in [-0.3, -0.25) is 4.79 Å². The third kappa shape index (κ3) is 4.48. The summed E-state index contributed by atoms with van der Waals surface area (Å²) in [6.07, 6.45) is 2.47. The molecule has 1 unspecified atom stereocenters. The number of benzene rings is 2. The van der Waals surface area contributed by atoms with Crippen LogP contribution in [0.15, 0.2) is 53.6 Å². The minimum atomic E-state index is -3.65. The van der Waals surface area contributed by atoms with Gasteiger partial charge in [-0.25, -0.2) is 8.42 Å². The zero-order valence-corrected chi connectivity index (χ0v) is 19.4. The highest BCUT2D eigenvalue weighted by Gasteiger charge is 2.34. The van der Waals surface area contributed by atoms with E-state index in [0.29, 0.717) is 30.3 Å². The number of aromatic nitrogens is 1. The molecule has 0 radical (unpaired) electrons. The summed E-state index contributed by atoms with van der Waals surface area (Å²) in [5.74, 6) is -0.366. The molecule has 1 N–H and O–H groups in total. The first-order valence-corrected chi connectivity index (χ1v) is 12.2. The van der Waals surface area contributed by atoms with Crippen molar-refractivity contribution in [2.24, 2.45) is 0 Å². The molecular weight excluding hydrogens is 452 g/mol. The van der Waals surface area contributed by atoms with Gasteiger partial charge in [0.2, 0.25) is 10.0 Å². The third-order valence-corrected chi connectivity index (χ3v) is 7.72. The SMILES string of the molecule is CC(C)Oc1ccc(S(=O)(=O)N2CCC(c3cn(CC(=O)O)c4ccc(Cl)cc34)C2)cc1. The van der Waals surface area contributed by atoms with Crippen molar-refractivity contribution in [3.05, 3.63) is 59.2 Å². The molecule has 170 valence electrons. The summed E-state index contributed by atoms with van der Waals surface area (Å²) in [7, 11) is -3.65. The summed E-state index contributed by atoms with van der Waals surface area (Å²) in [5, 5.41) is 10.7. The Hall–Kier alpha value is -2.55. The molecule has 7 nitrogen and oxygen atoms in total. The quantitative estimate of drug-likeness (QED) is 0.547. The fourth-order valence-corrected chi connectivity index (χ4v) is 5.88. The number of fused-ring (bicyclic) bond motifs is 1. The Balaban J connectivity index is 1.60. The van der Waals surface area contributed by atoms with Crippen LogP contribution in [0.5, 0.6) is 5.75 Å². The van der Waals surface area contributed by atoms with Crippen LogP contribution < -0.4 is 4.74 Å². The van der Waals surface area contributed by atoms with E-state index >= 15 is 0 Å². The number of ether oxygens (including phenoxy) is 1. The second kappa shape index (κ2) is 8.77. The molecule has 32 heavy (non-hydrogen) atoms. The number of nitrogens with zero attached hydrogens (tertiary/aromatic N) is 2. The van der Waals surface area contributed by atoms with Gasteiger partial charge in [-0.1, -0.05) is 11.6 Å². The Labute approximate surface area is 192 Å². The summed E-state index contributed by atoms with van der Waals surface area (Å²) in [5.41, 5.74) is 1.69. The largest absolute Gasteiger partial charge is 0.491 e. The monoisotopic (exact) mass is 476 g/mol. The minimum Gasteiger partial charge on any atom is -0.491 e. The number of hydrogen-bond donors (Lipinski definition) is 1. The molecule has 2 heterocycles. The molecule has 3 aromatic rings. The predicted octanol–water partition coefficient (Wildman–Crippen LogP) is 4.34. The van der Waals surface area contributed by atoms with Crippen LogP contribution in [-0.2, 0) is 21.4 Å². The van der Waals surface area contributed by atoms with Gasteiger partial charge in [-0.05, 0) is 68.3 Å². The van der Waals surface area contributed by atoms with Crippen LogP contribution in [0.3, 0.4) is 0 Å². The topological polar surface area (TPSA) is 88.8 Å². The summed E-state index contributed by atoms with van der Waals surface area (Å²) in [6, 6.07) is 11.8. The highest BCUT2D eigenvalue weighted by atomic mass is 35.5. The molecular formula is C23H25ClN2O5S. The lowest BCUT2D eigenvalue weighted by Gasteiger charge is -2.17. The normalized spacial score (nSPS) is 17.3. The molecule has 1 aliphatic heterocycles. The standard InChI is InChI=1S/C23H25ClN2O5S/c1-15(2)31-18-4-6-19(7-5-18)32(29,30)26-10-9-16(12-26)21-13-25(14-23(27)28)22-8-3-17(24)11-20(21)22/h3-8,11,13,15-16H,9-10,12,14H2,1-2H3,(H,27,28). The average Bonchev–Trinajstić information content (AvgIpc) is 3.33. The van der Waals surface area contributed by atoms with Crippen molar-refractivity contribution < 1.29 is 23.1 Å². The summed E-state index contributed by atoms with van der Waals surface area (Å²) in [4.78, 5) is 11.5. The lowest BCUT2D eigenvalue weighted by molar-refractivity contribution is -0.137. The van der Waals surface area contributed by atoms with Crippen molar-refractivity contribution >= 4 is 38.5 Å². The molecule has 0 spiro atoms. The van der Waals surface area contributed by atoms with Crippen LogP contribution in [0.2, 0.25) is 5.02 Å². The van der Waals surface area contributed by atoms with Gasteiger partial charge in [0.05, 0.1) is 11.0 Å². The average molecular weight is 477 g/mol. The molecule has 1 atom stereocenters. The smallest absolute Gasteiger partial charge is 0.323 e. The third-order valence-electron chi connectivity index (χ3n) is 5.60. The first-order valence-electron chi connectivity index (χ1n) is 10.4. The van der Waals surface area contributed by atoms with Crippen LogP contribution in [0.25, 0.3) is 10.9 Å². The summed E-state index contributed by atoms with van der Waals surface area (Å²) < 4.78 is 35.1. The molecule has 1 aromatic heterocycles. The Bertz CT molecular complexity index is 1250. The highest BCUT2D eigenvalue weighted by Crippen LogP contribution is 2.37. The van der Waals surface area contributed by atoms with E-state index in [0.717, 1.165) is 16.5 Å². The Morgan fingerprint density at radius 3 is 2.59 bits per heavy atom. The number of hydrogen-bond acceptors (Lipinski definition) is 4. The van der Waals surface area contributed by atoms with Gasteiger partial charge in [0.25, 0.3) is 0 Å². The number of carboxylic acids is 1. The van der Waals surface area contributed by atoms with Crippen LogP contribution >= 0.6 is 11.6 Å². The lowest BCUT2D eigenvalue weighted by atomic mass is 9.98. The number of aliphatic carboxylic acids is 1. The molecule has 0 aliphatic carbocycles. The van der Waals surface area contributed by atoms with Crippen LogP contribution in [0.4, 0.5) is 0 Å². The van der Waals surface area contributed by atoms with Crippen molar-refractivity contribution in [1.29, 1.82) is 0 Å². The Kier molecular flexibility index (Phi) is 6.20. The van der Waals surface area contributed by atoms with E-state index in [2.05, 4.69) is 0 Å². The van der Waals surface area contributed by atoms with Crippen LogP contribution in [-0.4, -0.2) is 47.6 Å². The van der Waals surface area contributed by atoms with Crippen molar-refractivity contribution in [3.63, 3.8) is 0 Å². The first kappa shape index (κ1) is 22.6. The number of carbonyl (C=O) groups is 1. The molecule has 0 bridgehead atoms.